The van der Waals surface area contributed by atoms with E-state index in [1.807, 2.05) is 6.07 Å². The van der Waals surface area contributed by atoms with E-state index in [1.165, 1.54) is 6.07 Å². The summed E-state index contributed by atoms with van der Waals surface area (Å²) in [6, 6.07) is 15.1. The molecule has 0 aliphatic rings. The first-order valence-electron chi connectivity index (χ1n) is 7.84. The number of hydrogen-bond acceptors (Lipinski definition) is 5. The van der Waals surface area contributed by atoms with Crippen molar-refractivity contribution in [3.63, 3.8) is 0 Å². The van der Waals surface area contributed by atoms with Crippen LogP contribution in [0.2, 0.25) is 10.0 Å². The second kappa shape index (κ2) is 8.04. The van der Waals surface area contributed by atoms with Gasteiger partial charge in [-0.2, -0.15) is 5.26 Å². The molecule has 0 aliphatic heterocycles. The number of rotatable bonds is 4. The van der Waals surface area contributed by atoms with E-state index in [2.05, 4.69) is 20.6 Å². The number of aromatic nitrogens is 2. The molecule has 3 aromatic rings. The number of halogens is 2. The average molecular weight is 398 g/mol. The summed E-state index contributed by atoms with van der Waals surface area (Å²) in [6.45, 7) is 1.68. The van der Waals surface area contributed by atoms with Gasteiger partial charge in [-0.25, -0.2) is 9.97 Å². The SMILES string of the molecule is Cc1nc(Nc2cc(Cl)ccc2Cl)cc(C(=O)Nc2ccc(C#N)cc2)n1. The Morgan fingerprint density at radius 3 is 2.52 bits per heavy atom. The molecule has 27 heavy (non-hydrogen) atoms. The van der Waals surface area contributed by atoms with Crippen molar-refractivity contribution in [2.24, 2.45) is 0 Å². The third-order valence-electron chi connectivity index (χ3n) is 3.53. The molecule has 134 valence electrons. The molecule has 0 bridgehead atoms. The Morgan fingerprint density at radius 1 is 1.07 bits per heavy atom. The van der Waals surface area contributed by atoms with Crippen LogP contribution in [0, 0.1) is 18.3 Å². The first-order valence-corrected chi connectivity index (χ1v) is 8.59. The molecule has 0 unspecified atom stereocenters. The second-order valence-corrected chi connectivity index (χ2v) is 6.42. The molecule has 3 rings (SSSR count). The molecule has 2 N–H and O–H groups in total. The van der Waals surface area contributed by atoms with Crippen LogP contribution in [-0.2, 0) is 0 Å². The van der Waals surface area contributed by atoms with Crippen LogP contribution in [0.1, 0.15) is 21.9 Å². The lowest BCUT2D eigenvalue weighted by atomic mass is 10.2. The van der Waals surface area contributed by atoms with Crippen molar-refractivity contribution in [1.29, 1.82) is 5.26 Å². The molecule has 0 aliphatic carbocycles. The number of nitrogens with one attached hydrogen (secondary N) is 2. The zero-order valence-electron chi connectivity index (χ0n) is 14.1. The Bertz CT molecular complexity index is 1040. The molecule has 1 amide bonds. The summed E-state index contributed by atoms with van der Waals surface area (Å²) in [6.07, 6.45) is 0. The van der Waals surface area contributed by atoms with Gasteiger partial charge in [0.15, 0.2) is 0 Å². The summed E-state index contributed by atoms with van der Waals surface area (Å²) >= 11 is 12.1. The van der Waals surface area contributed by atoms with E-state index in [-0.39, 0.29) is 5.69 Å². The lowest BCUT2D eigenvalue weighted by Gasteiger charge is -2.11. The van der Waals surface area contributed by atoms with E-state index in [9.17, 15) is 4.79 Å². The smallest absolute Gasteiger partial charge is 0.274 e. The maximum absolute atomic E-state index is 12.5. The molecular formula is C19H13Cl2N5O. The van der Waals surface area contributed by atoms with Gasteiger partial charge in [0, 0.05) is 16.8 Å². The lowest BCUT2D eigenvalue weighted by Crippen LogP contribution is -2.15. The Balaban J connectivity index is 1.82. The topological polar surface area (TPSA) is 90.7 Å². The van der Waals surface area contributed by atoms with Gasteiger partial charge < -0.3 is 10.6 Å². The maximum Gasteiger partial charge on any atom is 0.274 e. The van der Waals surface area contributed by atoms with E-state index in [1.54, 1.807) is 49.4 Å². The van der Waals surface area contributed by atoms with E-state index in [0.717, 1.165) is 0 Å². The van der Waals surface area contributed by atoms with Crippen LogP contribution in [-0.4, -0.2) is 15.9 Å². The molecule has 0 radical (unpaired) electrons. The number of carbonyl (C=O) groups is 1. The number of hydrogen-bond donors (Lipinski definition) is 2. The second-order valence-electron chi connectivity index (χ2n) is 5.58. The molecular weight excluding hydrogens is 385 g/mol. The summed E-state index contributed by atoms with van der Waals surface area (Å²) in [5.74, 6) is 0.435. The fourth-order valence-electron chi connectivity index (χ4n) is 2.30. The van der Waals surface area contributed by atoms with Crippen molar-refractivity contribution >= 4 is 46.3 Å². The van der Waals surface area contributed by atoms with Gasteiger partial charge in [-0.1, -0.05) is 23.2 Å². The highest BCUT2D eigenvalue weighted by Gasteiger charge is 2.12. The van der Waals surface area contributed by atoms with Crippen molar-refractivity contribution in [2.45, 2.75) is 6.92 Å². The van der Waals surface area contributed by atoms with Crippen molar-refractivity contribution in [3.8, 4) is 6.07 Å². The van der Waals surface area contributed by atoms with Gasteiger partial charge in [-0.3, -0.25) is 4.79 Å². The number of anilines is 3. The number of aryl methyl sites for hydroxylation is 1. The predicted octanol–water partition coefficient (Wildman–Crippen LogP) is 4.96. The standard InChI is InChI=1S/C19H13Cl2N5O/c1-11-23-17(19(27)25-14-5-2-12(10-22)3-6-14)9-18(24-11)26-16-8-13(20)4-7-15(16)21/h2-9H,1H3,(H,25,27)(H,23,24,26). The van der Waals surface area contributed by atoms with E-state index in [0.29, 0.717) is 38.6 Å². The Kier molecular flexibility index (Phi) is 5.55. The third-order valence-corrected chi connectivity index (χ3v) is 4.10. The largest absolute Gasteiger partial charge is 0.339 e. The van der Waals surface area contributed by atoms with Crippen molar-refractivity contribution in [3.05, 3.63) is 75.7 Å². The van der Waals surface area contributed by atoms with Crippen LogP contribution >= 0.6 is 23.2 Å². The molecule has 1 aromatic heterocycles. The van der Waals surface area contributed by atoms with Crippen LogP contribution in [0.4, 0.5) is 17.2 Å². The van der Waals surface area contributed by atoms with Gasteiger partial charge in [0.1, 0.15) is 17.3 Å². The quantitative estimate of drug-likeness (QED) is 0.648. The summed E-state index contributed by atoms with van der Waals surface area (Å²) in [7, 11) is 0. The molecule has 0 spiro atoms. The highest BCUT2D eigenvalue weighted by atomic mass is 35.5. The van der Waals surface area contributed by atoms with Gasteiger partial charge in [0.25, 0.3) is 5.91 Å². The first-order chi connectivity index (χ1) is 12.9. The minimum Gasteiger partial charge on any atom is -0.339 e. The number of nitrogens with zero attached hydrogens (tertiary/aromatic N) is 3. The maximum atomic E-state index is 12.5. The fraction of sp³-hybridized carbons (Fsp3) is 0.0526. The Morgan fingerprint density at radius 2 is 1.81 bits per heavy atom. The monoisotopic (exact) mass is 397 g/mol. The molecule has 0 fully saturated rings. The summed E-state index contributed by atoms with van der Waals surface area (Å²) in [5.41, 5.74) is 1.83. The van der Waals surface area contributed by atoms with Gasteiger partial charge in [0.05, 0.1) is 22.3 Å². The third kappa shape index (κ3) is 4.73. The molecule has 6 nitrogen and oxygen atoms in total. The van der Waals surface area contributed by atoms with Crippen molar-refractivity contribution < 1.29 is 4.79 Å². The average Bonchev–Trinajstić information content (AvgIpc) is 2.65. The van der Waals surface area contributed by atoms with Gasteiger partial charge >= 0.3 is 0 Å². The van der Waals surface area contributed by atoms with Crippen molar-refractivity contribution in [2.75, 3.05) is 10.6 Å². The van der Waals surface area contributed by atoms with Crippen LogP contribution in [0.15, 0.2) is 48.5 Å². The fourth-order valence-corrected chi connectivity index (χ4v) is 2.64. The lowest BCUT2D eigenvalue weighted by molar-refractivity contribution is 0.102. The van der Waals surface area contributed by atoms with Gasteiger partial charge in [-0.05, 0) is 49.4 Å². The zero-order chi connectivity index (χ0) is 19.4. The van der Waals surface area contributed by atoms with E-state index < -0.39 is 5.91 Å². The molecule has 1 heterocycles. The summed E-state index contributed by atoms with van der Waals surface area (Å²) in [5, 5.41) is 15.6. The number of carbonyl (C=O) groups excluding carboxylic acids is 1. The first kappa shape index (κ1) is 18.6. The molecule has 0 saturated carbocycles. The molecule has 2 aromatic carbocycles. The molecule has 0 atom stereocenters. The minimum atomic E-state index is -0.398. The van der Waals surface area contributed by atoms with Crippen molar-refractivity contribution in [1.82, 2.24) is 9.97 Å². The predicted molar refractivity (Wildman–Crippen MR) is 106 cm³/mol. The van der Waals surface area contributed by atoms with Gasteiger partial charge in [0.2, 0.25) is 0 Å². The molecule has 8 heteroatoms. The van der Waals surface area contributed by atoms with E-state index in [4.69, 9.17) is 28.5 Å². The summed E-state index contributed by atoms with van der Waals surface area (Å²) < 4.78 is 0. The normalized spacial score (nSPS) is 10.1. The Labute approximate surface area is 165 Å². The minimum absolute atomic E-state index is 0.188. The summed E-state index contributed by atoms with van der Waals surface area (Å²) in [4.78, 5) is 20.9. The number of amides is 1. The zero-order valence-corrected chi connectivity index (χ0v) is 15.6. The Hall–Kier alpha value is -3.14. The highest BCUT2D eigenvalue weighted by molar-refractivity contribution is 6.35. The molecule has 0 saturated heterocycles. The van der Waals surface area contributed by atoms with Crippen LogP contribution in [0.25, 0.3) is 0 Å². The van der Waals surface area contributed by atoms with Crippen LogP contribution in [0.5, 0.6) is 0 Å². The van der Waals surface area contributed by atoms with Gasteiger partial charge in [-0.15, -0.1) is 0 Å². The highest BCUT2D eigenvalue weighted by Crippen LogP contribution is 2.28. The van der Waals surface area contributed by atoms with Crippen LogP contribution < -0.4 is 10.6 Å². The number of benzene rings is 2. The van der Waals surface area contributed by atoms with Crippen LogP contribution in [0.3, 0.4) is 0 Å². The number of nitriles is 1. The van der Waals surface area contributed by atoms with E-state index >= 15 is 0 Å².